The van der Waals surface area contributed by atoms with Gasteiger partial charge < -0.3 is 10.0 Å². The number of aliphatic hydroxyl groups is 1. The largest absolute Gasteiger partial charge is 0.396 e. The Kier molecular flexibility index (Phi) is 9.16. The standard InChI is InChI=1S/C20H28ClN5O3S/c1-14(2)30-23-13-25(12-15-6-8-16(21)9-7-15)17-18(22-3)24(4)20(29)26(19(17)28)10-5-11-27/h6-9,14,23,27H,3,5,10-13H2,1-2,4H3. The molecule has 0 bridgehead atoms. The predicted octanol–water partition coefficient (Wildman–Crippen LogP) is 2.53. The molecule has 2 N–H and O–H groups in total. The molecule has 0 aliphatic rings. The lowest BCUT2D eigenvalue weighted by atomic mass is 10.2. The zero-order valence-corrected chi connectivity index (χ0v) is 19.0. The average Bonchev–Trinajstić information content (AvgIpc) is 2.71. The van der Waals surface area contributed by atoms with E-state index in [-0.39, 0.29) is 24.7 Å². The summed E-state index contributed by atoms with van der Waals surface area (Å²) in [7, 11) is 1.56. The number of aliphatic hydroxyl groups excluding tert-OH is 1. The van der Waals surface area contributed by atoms with Gasteiger partial charge in [0, 0.05) is 37.0 Å². The molecule has 0 saturated carbocycles. The topological polar surface area (TPSA) is 91.9 Å². The summed E-state index contributed by atoms with van der Waals surface area (Å²) in [6.45, 7) is 8.44. The molecule has 2 aromatic rings. The van der Waals surface area contributed by atoms with E-state index in [1.54, 1.807) is 31.1 Å². The van der Waals surface area contributed by atoms with Gasteiger partial charge >= 0.3 is 5.69 Å². The van der Waals surface area contributed by atoms with E-state index in [1.165, 1.54) is 4.57 Å². The van der Waals surface area contributed by atoms with Gasteiger partial charge in [-0.2, -0.15) is 0 Å². The molecule has 0 spiro atoms. The molecular weight excluding hydrogens is 426 g/mol. The minimum absolute atomic E-state index is 0.118. The van der Waals surface area contributed by atoms with Crippen LogP contribution in [0.15, 0.2) is 38.8 Å². The second kappa shape index (κ2) is 11.4. The maximum atomic E-state index is 13.3. The van der Waals surface area contributed by atoms with Crippen molar-refractivity contribution >= 4 is 41.8 Å². The zero-order chi connectivity index (χ0) is 22.3. The maximum Gasteiger partial charge on any atom is 0.332 e. The molecule has 1 aromatic carbocycles. The van der Waals surface area contributed by atoms with E-state index in [9.17, 15) is 9.59 Å². The van der Waals surface area contributed by atoms with Crippen molar-refractivity contribution in [1.29, 1.82) is 0 Å². The minimum Gasteiger partial charge on any atom is -0.396 e. The van der Waals surface area contributed by atoms with E-state index in [1.807, 2.05) is 17.0 Å². The molecule has 0 atom stereocenters. The van der Waals surface area contributed by atoms with E-state index in [4.69, 9.17) is 16.7 Å². The van der Waals surface area contributed by atoms with Crippen LogP contribution in [0.25, 0.3) is 0 Å². The summed E-state index contributed by atoms with van der Waals surface area (Å²) in [4.78, 5) is 31.8. The fourth-order valence-corrected chi connectivity index (χ4v) is 3.62. The molecule has 0 fully saturated rings. The molecule has 1 heterocycles. The lowest BCUT2D eigenvalue weighted by Crippen LogP contribution is -2.44. The fourth-order valence-electron chi connectivity index (χ4n) is 2.93. The van der Waals surface area contributed by atoms with Crippen molar-refractivity contribution in [2.24, 2.45) is 12.0 Å². The Morgan fingerprint density at radius 1 is 1.30 bits per heavy atom. The van der Waals surface area contributed by atoms with Crippen molar-refractivity contribution < 1.29 is 5.11 Å². The number of anilines is 1. The van der Waals surface area contributed by atoms with Gasteiger partial charge in [0.15, 0.2) is 5.82 Å². The molecular formula is C20H28ClN5O3S. The predicted molar refractivity (Wildman–Crippen MR) is 125 cm³/mol. The van der Waals surface area contributed by atoms with Gasteiger partial charge in [0.25, 0.3) is 5.56 Å². The van der Waals surface area contributed by atoms with Crippen LogP contribution in [-0.4, -0.2) is 39.5 Å². The van der Waals surface area contributed by atoms with Crippen LogP contribution in [0, 0.1) is 0 Å². The third-order valence-corrected chi connectivity index (χ3v) is 5.38. The van der Waals surface area contributed by atoms with Gasteiger partial charge in [-0.15, -0.1) is 0 Å². The summed E-state index contributed by atoms with van der Waals surface area (Å²) >= 11 is 7.54. The van der Waals surface area contributed by atoms with Gasteiger partial charge in [-0.05, 0) is 30.8 Å². The van der Waals surface area contributed by atoms with E-state index in [2.05, 4.69) is 30.3 Å². The molecule has 0 aliphatic carbocycles. The van der Waals surface area contributed by atoms with Crippen LogP contribution < -0.4 is 20.9 Å². The number of halogens is 1. The third-order valence-electron chi connectivity index (χ3n) is 4.36. The highest BCUT2D eigenvalue weighted by molar-refractivity contribution is 7.97. The Morgan fingerprint density at radius 3 is 2.53 bits per heavy atom. The normalized spacial score (nSPS) is 11.1. The molecule has 0 radical (unpaired) electrons. The molecule has 0 aliphatic heterocycles. The number of hydrogen-bond acceptors (Lipinski definition) is 7. The summed E-state index contributed by atoms with van der Waals surface area (Å²) in [5.41, 5.74) is 0.271. The van der Waals surface area contributed by atoms with E-state index >= 15 is 0 Å². The number of nitrogens with one attached hydrogen (secondary N) is 1. The molecule has 164 valence electrons. The second-order valence-electron chi connectivity index (χ2n) is 7.00. The van der Waals surface area contributed by atoms with Gasteiger partial charge in [0.2, 0.25) is 0 Å². The average molecular weight is 454 g/mol. The van der Waals surface area contributed by atoms with Crippen molar-refractivity contribution in [2.75, 3.05) is 18.2 Å². The number of rotatable bonds is 11. The lowest BCUT2D eigenvalue weighted by molar-refractivity contribution is 0.277. The monoisotopic (exact) mass is 453 g/mol. The van der Waals surface area contributed by atoms with Gasteiger partial charge in [-0.25, -0.2) is 14.5 Å². The summed E-state index contributed by atoms with van der Waals surface area (Å²) < 4.78 is 5.71. The first-order valence-corrected chi connectivity index (χ1v) is 10.8. The highest BCUT2D eigenvalue weighted by Gasteiger charge is 2.22. The Morgan fingerprint density at radius 2 is 1.97 bits per heavy atom. The number of aliphatic imine (C=N–C) groups is 1. The molecule has 10 heteroatoms. The second-order valence-corrected chi connectivity index (χ2v) is 8.90. The highest BCUT2D eigenvalue weighted by atomic mass is 35.5. The van der Waals surface area contributed by atoms with Crippen LogP contribution in [0.1, 0.15) is 25.8 Å². The SMILES string of the molecule is C=Nc1c(N(CNSC(C)C)Cc2ccc(Cl)cc2)c(=O)n(CCCO)c(=O)n1C. The molecule has 8 nitrogen and oxygen atoms in total. The van der Waals surface area contributed by atoms with Crippen LogP contribution in [0.2, 0.25) is 5.02 Å². The highest BCUT2D eigenvalue weighted by Crippen LogP contribution is 2.24. The Bertz CT molecular complexity index is 972. The quantitative estimate of drug-likeness (QED) is 0.308. The molecule has 0 saturated heterocycles. The van der Waals surface area contributed by atoms with E-state index in [0.29, 0.717) is 29.9 Å². The number of nitrogens with zero attached hydrogens (tertiary/aromatic N) is 4. The zero-order valence-electron chi connectivity index (χ0n) is 17.5. The smallest absolute Gasteiger partial charge is 0.332 e. The van der Waals surface area contributed by atoms with Crippen molar-refractivity contribution in [1.82, 2.24) is 13.9 Å². The van der Waals surface area contributed by atoms with Gasteiger partial charge in [-0.1, -0.05) is 49.5 Å². The fraction of sp³-hybridized carbons (Fsp3) is 0.450. The summed E-state index contributed by atoms with van der Waals surface area (Å²) in [6, 6.07) is 7.35. The number of aromatic nitrogens is 2. The molecule has 1 aromatic heterocycles. The van der Waals surface area contributed by atoms with Crippen LogP contribution in [0.3, 0.4) is 0 Å². The first kappa shape index (κ1) is 24.2. The van der Waals surface area contributed by atoms with Crippen LogP contribution >= 0.6 is 23.5 Å². The van der Waals surface area contributed by atoms with Crippen LogP contribution in [0.4, 0.5) is 11.5 Å². The molecule has 0 unspecified atom stereocenters. The van der Waals surface area contributed by atoms with Crippen molar-refractivity contribution in [3.63, 3.8) is 0 Å². The third kappa shape index (κ3) is 5.98. The van der Waals surface area contributed by atoms with Gasteiger partial charge in [0.05, 0.1) is 6.67 Å². The first-order chi connectivity index (χ1) is 14.3. The molecule has 0 amide bonds. The maximum absolute atomic E-state index is 13.3. The van der Waals surface area contributed by atoms with Gasteiger partial charge in [-0.3, -0.25) is 13.9 Å². The molecule has 30 heavy (non-hydrogen) atoms. The summed E-state index contributed by atoms with van der Waals surface area (Å²) in [5.74, 6) is 0.204. The van der Waals surface area contributed by atoms with Gasteiger partial charge in [0.1, 0.15) is 5.69 Å². The Labute approximate surface area is 185 Å². The summed E-state index contributed by atoms with van der Waals surface area (Å²) in [5, 5.41) is 10.1. The summed E-state index contributed by atoms with van der Waals surface area (Å²) in [6.07, 6.45) is 0.300. The number of benzene rings is 1. The van der Waals surface area contributed by atoms with E-state index in [0.717, 1.165) is 10.1 Å². The van der Waals surface area contributed by atoms with Crippen molar-refractivity contribution in [2.45, 2.75) is 38.6 Å². The lowest BCUT2D eigenvalue weighted by Gasteiger charge is -2.27. The Hall–Kier alpha value is -2.07. The number of hydrogen-bond donors (Lipinski definition) is 2. The first-order valence-electron chi connectivity index (χ1n) is 9.59. The van der Waals surface area contributed by atoms with E-state index < -0.39 is 11.2 Å². The van der Waals surface area contributed by atoms with Crippen molar-refractivity contribution in [3.05, 3.63) is 55.7 Å². The Balaban J connectivity index is 2.57. The minimum atomic E-state index is -0.490. The molecule has 2 rings (SSSR count). The van der Waals surface area contributed by atoms with Crippen molar-refractivity contribution in [3.8, 4) is 0 Å². The van der Waals surface area contributed by atoms with Crippen LogP contribution in [-0.2, 0) is 20.1 Å². The van der Waals surface area contributed by atoms with Crippen LogP contribution in [0.5, 0.6) is 0 Å².